The number of nitrogens with zero attached hydrogens (tertiary/aromatic N) is 1. The predicted molar refractivity (Wildman–Crippen MR) is 84.6 cm³/mol. The van der Waals surface area contributed by atoms with Crippen molar-refractivity contribution in [3.05, 3.63) is 36.4 Å². The van der Waals surface area contributed by atoms with Crippen LogP contribution in [0.15, 0.2) is 34.9 Å². The van der Waals surface area contributed by atoms with Crippen molar-refractivity contribution in [3.63, 3.8) is 0 Å². The summed E-state index contributed by atoms with van der Waals surface area (Å²) in [7, 11) is 0. The molecule has 4 nitrogen and oxygen atoms in total. The molecule has 0 spiro atoms. The van der Waals surface area contributed by atoms with Gasteiger partial charge in [-0.1, -0.05) is 19.1 Å². The van der Waals surface area contributed by atoms with Gasteiger partial charge in [0, 0.05) is 18.5 Å². The maximum atomic E-state index is 5.80. The zero-order chi connectivity index (χ0) is 15.1. The summed E-state index contributed by atoms with van der Waals surface area (Å²) >= 11 is 0. The summed E-state index contributed by atoms with van der Waals surface area (Å²) in [5, 5.41) is 3.34. The summed E-state index contributed by atoms with van der Waals surface area (Å²) in [6.07, 6.45) is 3.89. The van der Waals surface area contributed by atoms with Crippen molar-refractivity contribution < 1.29 is 9.15 Å². The Morgan fingerprint density at radius 2 is 2.14 bits per heavy atom. The fourth-order valence-corrected chi connectivity index (χ4v) is 2.05. The molecule has 0 radical (unpaired) electrons. The van der Waals surface area contributed by atoms with Gasteiger partial charge in [-0.25, -0.2) is 4.98 Å². The standard InChI is InChI=1S/C17H24N2O2/c1-4-9-18-10-8-17-19-12-16(21-17)14-6-5-7-15(11-14)20-13(2)3/h5-7,11-13,18H,4,8-10H2,1-3H3. The summed E-state index contributed by atoms with van der Waals surface area (Å²) in [6.45, 7) is 8.11. The largest absolute Gasteiger partial charge is 0.491 e. The zero-order valence-corrected chi connectivity index (χ0v) is 13.1. The van der Waals surface area contributed by atoms with Crippen LogP contribution in [0.2, 0.25) is 0 Å². The van der Waals surface area contributed by atoms with Crippen LogP contribution in [0.25, 0.3) is 11.3 Å². The van der Waals surface area contributed by atoms with E-state index in [1.807, 2.05) is 38.1 Å². The minimum Gasteiger partial charge on any atom is -0.491 e. The third-order valence-electron chi connectivity index (χ3n) is 2.99. The van der Waals surface area contributed by atoms with Crippen molar-refractivity contribution in [2.45, 2.75) is 39.7 Å². The molecule has 0 amide bonds. The van der Waals surface area contributed by atoms with Crippen molar-refractivity contribution in [1.82, 2.24) is 10.3 Å². The molecule has 0 bridgehead atoms. The molecule has 4 heteroatoms. The van der Waals surface area contributed by atoms with Crippen molar-refractivity contribution in [3.8, 4) is 17.1 Å². The number of oxazole rings is 1. The smallest absolute Gasteiger partial charge is 0.196 e. The van der Waals surface area contributed by atoms with E-state index < -0.39 is 0 Å². The van der Waals surface area contributed by atoms with Gasteiger partial charge in [0.1, 0.15) is 5.75 Å². The van der Waals surface area contributed by atoms with E-state index in [-0.39, 0.29) is 6.10 Å². The lowest BCUT2D eigenvalue weighted by molar-refractivity contribution is 0.242. The van der Waals surface area contributed by atoms with E-state index in [4.69, 9.17) is 9.15 Å². The minimum atomic E-state index is 0.162. The van der Waals surface area contributed by atoms with Gasteiger partial charge in [-0.3, -0.25) is 0 Å². The third kappa shape index (κ3) is 4.90. The van der Waals surface area contributed by atoms with E-state index in [0.717, 1.165) is 48.9 Å². The summed E-state index contributed by atoms with van der Waals surface area (Å²) in [4.78, 5) is 4.33. The predicted octanol–water partition coefficient (Wildman–Crippen LogP) is 3.67. The quantitative estimate of drug-likeness (QED) is 0.753. The van der Waals surface area contributed by atoms with Gasteiger partial charge in [0.2, 0.25) is 0 Å². The highest BCUT2D eigenvalue weighted by Gasteiger charge is 2.08. The number of hydrogen-bond acceptors (Lipinski definition) is 4. The highest BCUT2D eigenvalue weighted by Crippen LogP contribution is 2.25. The summed E-state index contributed by atoms with van der Waals surface area (Å²) in [6, 6.07) is 7.92. The van der Waals surface area contributed by atoms with Crippen LogP contribution in [-0.2, 0) is 6.42 Å². The first-order chi connectivity index (χ1) is 10.2. The first kappa shape index (κ1) is 15.6. The second kappa shape index (κ2) is 7.84. The first-order valence-electron chi connectivity index (χ1n) is 7.61. The van der Waals surface area contributed by atoms with Crippen LogP contribution in [0.5, 0.6) is 5.75 Å². The van der Waals surface area contributed by atoms with Gasteiger partial charge in [0.15, 0.2) is 11.7 Å². The van der Waals surface area contributed by atoms with E-state index in [0.29, 0.717) is 0 Å². The number of rotatable bonds is 8. The maximum absolute atomic E-state index is 5.80. The van der Waals surface area contributed by atoms with Crippen LogP contribution >= 0.6 is 0 Å². The maximum Gasteiger partial charge on any atom is 0.196 e. The third-order valence-corrected chi connectivity index (χ3v) is 2.99. The molecule has 0 saturated heterocycles. The van der Waals surface area contributed by atoms with Crippen LogP contribution in [0.1, 0.15) is 33.1 Å². The van der Waals surface area contributed by atoms with Crippen LogP contribution in [0.4, 0.5) is 0 Å². The number of hydrogen-bond donors (Lipinski definition) is 1. The lowest BCUT2D eigenvalue weighted by atomic mass is 10.2. The molecule has 21 heavy (non-hydrogen) atoms. The normalized spacial score (nSPS) is 11.0. The molecule has 0 saturated carbocycles. The Hall–Kier alpha value is -1.81. The van der Waals surface area contributed by atoms with Crippen molar-refractivity contribution in [2.24, 2.45) is 0 Å². The Balaban J connectivity index is 2.00. The van der Waals surface area contributed by atoms with Crippen molar-refractivity contribution >= 4 is 0 Å². The van der Waals surface area contributed by atoms with Gasteiger partial charge in [-0.2, -0.15) is 0 Å². The molecule has 0 aliphatic carbocycles. The Morgan fingerprint density at radius 3 is 2.90 bits per heavy atom. The lowest BCUT2D eigenvalue weighted by Crippen LogP contribution is -2.17. The van der Waals surface area contributed by atoms with E-state index in [2.05, 4.69) is 17.2 Å². The molecule has 0 aliphatic rings. The zero-order valence-electron chi connectivity index (χ0n) is 13.1. The van der Waals surface area contributed by atoms with E-state index in [9.17, 15) is 0 Å². The number of ether oxygens (including phenoxy) is 1. The van der Waals surface area contributed by atoms with E-state index in [1.54, 1.807) is 6.20 Å². The molecular formula is C17H24N2O2. The molecule has 0 atom stereocenters. The van der Waals surface area contributed by atoms with E-state index in [1.165, 1.54) is 0 Å². The molecule has 0 fully saturated rings. The van der Waals surface area contributed by atoms with Gasteiger partial charge in [0.05, 0.1) is 12.3 Å². The molecular weight excluding hydrogens is 264 g/mol. The molecule has 1 aromatic heterocycles. The second-order valence-corrected chi connectivity index (χ2v) is 5.31. The van der Waals surface area contributed by atoms with Crippen molar-refractivity contribution in [2.75, 3.05) is 13.1 Å². The summed E-state index contributed by atoms with van der Waals surface area (Å²) in [5.41, 5.74) is 0.994. The van der Waals surface area contributed by atoms with Gasteiger partial charge in [0.25, 0.3) is 0 Å². The molecule has 114 valence electrons. The van der Waals surface area contributed by atoms with Gasteiger partial charge in [-0.15, -0.1) is 0 Å². The average molecular weight is 288 g/mol. The lowest BCUT2D eigenvalue weighted by Gasteiger charge is -2.09. The molecule has 0 aliphatic heterocycles. The van der Waals surface area contributed by atoms with Crippen LogP contribution < -0.4 is 10.1 Å². The summed E-state index contributed by atoms with van der Waals surface area (Å²) < 4.78 is 11.5. The number of benzene rings is 1. The fraction of sp³-hybridized carbons (Fsp3) is 0.471. The Morgan fingerprint density at radius 1 is 1.29 bits per heavy atom. The molecule has 1 aromatic carbocycles. The van der Waals surface area contributed by atoms with E-state index >= 15 is 0 Å². The molecule has 2 rings (SSSR count). The monoisotopic (exact) mass is 288 g/mol. The number of aromatic nitrogens is 1. The Labute approximate surface area is 126 Å². The van der Waals surface area contributed by atoms with Gasteiger partial charge in [-0.05, 0) is 38.9 Å². The molecule has 2 aromatic rings. The van der Waals surface area contributed by atoms with Crippen LogP contribution in [0, 0.1) is 0 Å². The summed E-state index contributed by atoms with van der Waals surface area (Å²) in [5.74, 6) is 2.41. The van der Waals surface area contributed by atoms with Crippen LogP contribution in [0.3, 0.4) is 0 Å². The minimum absolute atomic E-state index is 0.162. The molecule has 1 heterocycles. The Bertz CT molecular complexity index is 549. The SMILES string of the molecule is CCCNCCc1ncc(-c2cccc(OC(C)C)c2)o1. The second-order valence-electron chi connectivity index (χ2n) is 5.31. The van der Waals surface area contributed by atoms with Crippen molar-refractivity contribution in [1.29, 1.82) is 0 Å². The van der Waals surface area contributed by atoms with Gasteiger partial charge < -0.3 is 14.5 Å². The molecule has 1 N–H and O–H groups in total. The Kier molecular flexibility index (Phi) is 5.81. The highest BCUT2D eigenvalue weighted by molar-refractivity contribution is 5.58. The highest BCUT2D eigenvalue weighted by atomic mass is 16.5. The van der Waals surface area contributed by atoms with Crippen LogP contribution in [-0.4, -0.2) is 24.2 Å². The molecule has 0 unspecified atom stereocenters. The van der Waals surface area contributed by atoms with Gasteiger partial charge >= 0.3 is 0 Å². The first-order valence-corrected chi connectivity index (χ1v) is 7.61. The average Bonchev–Trinajstić information content (AvgIpc) is 2.92. The topological polar surface area (TPSA) is 47.3 Å². The number of nitrogens with one attached hydrogen (secondary N) is 1. The fourth-order valence-electron chi connectivity index (χ4n) is 2.05.